The lowest BCUT2D eigenvalue weighted by atomic mass is 10.0. The number of nitrogens with zero attached hydrogens (tertiary/aromatic N) is 2. The van der Waals surface area contributed by atoms with E-state index >= 15 is 0 Å². The fourth-order valence-electron chi connectivity index (χ4n) is 2.82. The number of rotatable bonds is 5. The molecule has 1 aromatic heterocycles. The van der Waals surface area contributed by atoms with Crippen molar-refractivity contribution in [1.82, 2.24) is 4.57 Å². The minimum Gasteiger partial charge on any atom is -0.391 e. The number of hydrogen-bond donors (Lipinski definition) is 0. The van der Waals surface area contributed by atoms with Crippen molar-refractivity contribution in [2.75, 3.05) is 0 Å². The van der Waals surface area contributed by atoms with Gasteiger partial charge in [-0.2, -0.15) is 9.13 Å². The molecule has 0 saturated heterocycles. The molecular weight excluding hydrogens is 296 g/mol. The van der Waals surface area contributed by atoms with Gasteiger partial charge < -0.3 is 4.74 Å². The van der Waals surface area contributed by atoms with Gasteiger partial charge in [0, 0.05) is 0 Å². The molecule has 0 radical (unpaired) electrons. The fourth-order valence-corrected chi connectivity index (χ4v) is 2.82. The van der Waals surface area contributed by atoms with Gasteiger partial charge >= 0.3 is 6.01 Å². The van der Waals surface area contributed by atoms with Crippen molar-refractivity contribution < 1.29 is 9.30 Å². The molecule has 0 aliphatic carbocycles. The van der Waals surface area contributed by atoms with Crippen LogP contribution in [-0.4, -0.2) is 4.57 Å². The summed E-state index contributed by atoms with van der Waals surface area (Å²) in [5.41, 5.74) is 2.31. The van der Waals surface area contributed by atoms with E-state index in [9.17, 15) is 0 Å². The van der Waals surface area contributed by atoms with Crippen LogP contribution < -0.4 is 9.30 Å². The van der Waals surface area contributed by atoms with Gasteiger partial charge in [-0.05, 0) is 43.5 Å². The molecule has 0 spiro atoms. The summed E-state index contributed by atoms with van der Waals surface area (Å²) >= 11 is 0. The second-order valence-corrected chi connectivity index (χ2v) is 6.58. The van der Waals surface area contributed by atoms with Crippen LogP contribution >= 0.6 is 0 Å². The maximum atomic E-state index is 6.41. The van der Waals surface area contributed by atoms with Crippen LogP contribution in [0.15, 0.2) is 67.0 Å². The first-order valence-corrected chi connectivity index (χ1v) is 8.52. The Morgan fingerprint density at radius 2 is 1.54 bits per heavy atom. The molecule has 3 rings (SSSR count). The van der Waals surface area contributed by atoms with Crippen LogP contribution in [0.4, 0.5) is 0 Å². The summed E-state index contributed by atoms with van der Waals surface area (Å²) in [7, 11) is 0. The zero-order chi connectivity index (χ0) is 17.1. The molecule has 0 aliphatic heterocycles. The quantitative estimate of drug-likeness (QED) is 0.586. The van der Waals surface area contributed by atoms with Crippen LogP contribution in [0.1, 0.15) is 45.2 Å². The Labute approximate surface area is 144 Å². The van der Waals surface area contributed by atoms with E-state index in [-0.39, 0.29) is 0 Å². The van der Waals surface area contributed by atoms with Crippen LogP contribution in [0, 0.1) is 0 Å². The average molecular weight is 321 g/mol. The number of ether oxygens (including phenoxy) is 1. The molecule has 0 unspecified atom stereocenters. The summed E-state index contributed by atoms with van der Waals surface area (Å²) < 4.78 is 10.7. The number of aromatic nitrogens is 2. The number of imidazole rings is 1. The van der Waals surface area contributed by atoms with Gasteiger partial charge in [-0.3, -0.25) is 0 Å². The number of benzene rings is 2. The van der Waals surface area contributed by atoms with Gasteiger partial charge in [0.1, 0.15) is 23.8 Å². The van der Waals surface area contributed by atoms with E-state index in [1.54, 1.807) is 0 Å². The predicted octanol–water partition coefficient (Wildman–Crippen LogP) is 5.26. The van der Waals surface area contributed by atoms with Gasteiger partial charge in [0.15, 0.2) is 0 Å². The first kappa shape index (κ1) is 16.3. The Hall–Kier alpha value is -2.55. The van der Waals surface area contributed by atoms with Crippen molar-refractivity contribution >= 4 is 0 Å². The van der Waals surface area contributed by atoms with Crippen molar-refractivity contribution in [2.24, 2.45) is 0 Å². The lowest BCUT2D eigenvalue weighted by molar-refractivity contribution is -0.718. The average Bonchev–Trinajstić information content (AvgIpc) is 3.00. The second kappa shape index (κ2) is 6.91. The molecule has 3 heteroatoms. The number of hydrogen-bond acceptors (Lipinski definition) is 1. The van der Waals surface area contributed by atoms with E-state index < -0.39 is 0 Å². The molecule has 1 heterocycles. The Balaban J connectivity index is 2.09. The van der Waals surface area contributed by atoms with Gasteiger partial charge in [-0.25, -0.2) is 0 Å². The zero-order valence-electron chi connectivity index (χ0n) is 14.8. The molecule has 3 aromatic rings. The highest BCUT2D eigenvalue weighted by Gasteiger charge is 2.24. The van der Waals surface area contributed by atoms with Crippen LogP contribution in [0.5, 0.6) is 11.8 Å². The van der Waals surface area contributed by atoms with Gasteiger partial charge in [0.05, 0.1) is 6.04 Å². The SMILES string of the molecule is CC(C)c1ccccc1Oc1n(-c2ccccc2)cc[n+]1C(C)C. The molecule has 0 atom stereocenters. The first-order valence-electron chi connectivity index (χ1n) is 8.52. The number of para-hydroxylation sites is 2. The maximum absolute atomic E-state index is 6.41. The molecule has 24 heavy (non-hydrogen) atoms. The molecule has 0 N–H and O–H groups in total. The van der Waals surface area contributed by atoms with Crippen LogP contribution in [0.2, 0.25) is 0 Å². The minimum atomic E-state index is 0.316. The van der Waals surface area contributed by atoms with E-state index in [1.807, 2.05) is 30.3 Å². The van der Waals surface area contributed by atoms with Gasteiger partial charge in [0.2, 0.25) is 0 Å². The Morgan fingerprint density at radius 3 is 2.21 bits per heavy atom. The predicted molar refractivity (Wildman–Crippen MR) is 97.0 cm³/mol. The van der Waals surface area contributed by atoms with E-state index in [1.165, 1.54) is 5.56 Å². The molecule has 0 amide bonds. The Kier molecular flexibility index (Phi) is 4.70. The minimum absolute atomic E-state index is 0.316. The third kappa shape index (κ3) is 3.21. The summed E-state index contributed by atoms with van der Waals surface area (Å²) in [6.45, 7) is 8.71. The van der Waals surface area contributed by atoms with Crippen molar-refractivity contribution in [3.8, 4) is 17.4 Å². The standard InChI is InChI=1S/C21H25N2O/c1-16(2)19-12-8-9-13-20(19)24-21-22(17(3)4)14-15-23(21)18-10-6-5-7-11-18/h5-17H,1-4H3/q+1. The summed E-state index contributed by atoms with van der Waals surface area (Å²) in [4.78, 5) is 0. The lowest BCUT2D eigenvalue weighted by Crippen LogP contribution is -2.36. The third-order valence-corrected chi connectivity index (χ3v) is 4.14. The maximum Gasteiger partial charge on any atom is 0.467 e. The van der Waals surface area contributed by atoms with Gasteiger partial charge in [-0.1, -0.05) is 50.2 Å². The highest BCUT2D eigenvalue weighted by Crippen LogP contribution is 2.30. The van der Waals surface area contributed by atoms with Gasteiger partial charge in [-0.15, -0.1) is 0 Å². The monoisotopic (exact) mass is 321 g/mol. The molecule has 124 valence electrons. The summed E-state index contributed by atoms with van der Waals surface area (Å²) in [6.07, 6.45) is 4.13. The van der Waals surface area contributed by atoms with Crippen molar-refractivity contribution in [3.05, 3.63) is 72.6 Å². The highest BCUT2D eigenvalue weighted by atomic mass is 16.5. The summed E-state index contributed by atoms with van der Waals surface area (Å²) in [5.74, 6) is 1.33. The van der Waals surface area contributed by atoms with E-state index in [0.717, 1.165) is 17.4 Å². The molecule has 0 saturated carbocycles. The molecule has 0 fully saturated rings. The third-order valence-electron chi connectivity index (χ3n) is 4.14. The van der Waals surface area contributed by atoms with E-state index in [0.29, 0.717) is 12.0 Å². The molecule has 0 bridgehead atoms. The summed E-state index contributed by atoms with van der Waals surface area (Å²) in [5, 5.41) is 0. The molecule has 2 aromatic carbocycles. The van der Waals surface area contributed by atoms with E-state index in [2.05, 4.69) is 73.5 Å². The molecule has 0 aliphatic rings. The largest absolute Gasteiger partial charge is 0.467 e. The topological polar surface area (TPSA) is 18.0 Å². The van der Waals surface area contributed by atoms with Crippen LogP contribution in [0.3, 0.4) is 0 Å². The second-order valence-electron chi connectivity index (χ2n) is 6.58. The van der Waals surface area contributed by atoms with E-state index in [4.69, 9.17) is 4.74 Å². The molecular formula is C21H25N2O+. The van der Waals surface area contributed by atoms with Crippen molar-refractivity contribution in [2.45, 2.75) is 39.7 Å². The van der Waals surface area contributed by atoms with Gasteiger partial charge in [0.25, 0.3) is 0 Å². The first-order chi connectivity index (χ1) is 11.6. The van der Waals surface area contributed by atoms with Crippen molar-refractivity contribution in [1.29, 1.82) is 0 Å². The summed E-state index contributed by atoms with van der Waals surface area (Å²) in [6, 6.07) is 19.7. The smallest absolute Gasteiger partial charge is 0.391 e. The van der Waals surface area contributed by atoms with Crippen LogP contribution in [0.25, 0.3) is 5.69 Å². The Morgan fingerprint density at radius 1 is 0.875 bits per heavy atom. The fraction of sp³-hybridized carbons (Fsp3) is 0.286. The zero-order valence-corrected chi connectivity index (χ0v) is 14.8. The van der Waals surface area contributed by atoms with Crippen molar-refractivity contribution in [3.63, 3.8) is 0 Å². The van der Waals surface area contributed by atoms with Crippen LogP contribution in [-0.2, 0) is 0 Å². The highest BCUT2D eigenvalue weighted by molar-refractivity contribution is 5.39. The normalized spacial score (nSPS) is 11.2. The lowest BCUT2D eigenvalue weighted by Gasteiger charge is -2.13. The Bertz CT molecular complexity index is 804. The molecule has 3 nitrogen and oxygen atoms in total.